The van der Waals surface area contributed by atoms with Gasteiger partial charge in [-0.3, -0.25) is 4.90 Å². The lowest BCUT2D eigenvalue weighted by molar-refractivity contribution is 0.213. The van der Waals surface area contributed by atoms with Crippen LogP contribution >= 0.6 is 0 Å². The lowest BCUT2D eigenvalue weighted by Gasteiger charge is -2.31. The van der Waals surface area contributed by atoms with E-state index in [1.54, 1.807) is 24.3 Å². The molecule has 4 rings (SSSR count). The predicted molar refractivity (Wildman–Crippen MR) is 95.8 cm³/mol. The average molecular weight is 354 g/mol. The summed E-state index contributed by atoms with van der Waals surface area (Å²) in [4.78, 5) is 2.10. The predicted octanol–water partition coefficient (Wildman–Crippen LogP) is 4.47. The fourth-order valence-electron chi connectivity index (χ4n) is 3.76. The van der Waals surface area contributed by atoms with Crippen LogP contribution in [0, 0.1) is 11.6 Å². The van der Waals surface area contributed by atoms with Gasteiger partial charge in [-0.1, -0.05) is 30.3 Å². The maximum absolute atomic E-state index is 14.7. The Morgan fingerprint density at radius 1 is 0.962 bits per heavy atom. The molecule has 0 saturated heterocycles. The lowest BCUT2D eigenvalue weighted by Crippen LogP contribution is -2.30. The zero-order chi connectivity index (χ0) is 18.1. The van der Waals surface area contributed by atoms with E-state index < -0.39 is 17.7 Å². The van der Waals surface area contributed by atoms with Crippen molar-refractivity contribution < 1.29 is 13.9 Å². The zero-order valence-corrected chi connectivity index (χ0v) is 14.3. The van der Waals surface area contributed by atoms with Gasteiger partial charge >= 0.3 is 0 Å². The average Bonchev–Trinajstić information content (AvgIpc) is 3.02. The van der Waals surface area contributed by atoms with Gasteiger partial charge in [-0.2, -0.15) is 0 Å². The Bertz CT molecular complexity index is 922. The summed E-state index contributed by atoms with van der Waals surface area (Å²) in [5, 5.41) is 10.2. The molecular weight excluding hydrogens is 334 g/mol. The normalized spacial score (nSPS) is 17.7. The number of hydrogen-bond donors (Lipinski definition) is 1. The van der Waals surface area contributed by atoms with E-state index in [9.17, 15) is 13.9 Å². The molecule has 5 heteroatoms. The van der Waals surface area contributed by atoms with E-state index in [-0.39, 0.29) is 5.75 Å². The molecule has 2 aromatic carbocycles. The second-order valence-corrected chi connectivity index (χ2v) is 6.62. The number of halogens is 2. The molecule has 2 heterocycles. The molecule has 1 unspecified atom stereocenters. The van der Waals surface area contributed by atoms with Gasteiger partial charge in [0.25, 0.3) is 0 Å². The van der Waals surface area contributed by atoms with Gasteiger partial charge in [-0.15, -0.1) is 0 Å². The van der Waals surface area contributed by atoms with Crippen molar-refractivity contribution in [2.75, 3.05) is 6.54 Å². The standard InChI is InChI=1S/C21H20F2N2O/c22-17-8-3-7-16(20(17)23)21-18-9-4-11-24(18)12-5-13-25(21)14-15-6-1-2-10-19(15)26/h1-4,6-11,21,26H,5,12-14H2. The highest BCUT2D eigenvalue weighted by Crippen LogP contribution is 2.35. The van der Waals surface area contributed by atoms with Crippen LogP contribution in [0.15, 0.2) is 60.8 Å². The summed E-state index contributed by atoms with van der Waals surface area (Å²) in [7, 11) is 0. The Hall–Kier alpha value is -2.66. The molecule has 1 aliphatic rings. The van der Waals surface area contributed by atoms with Crippen molar-refractivity contribution in [3.63, 3.8) is 0 Å². The van der Waals surface area contributed by atoms with E-state index in [1.807, 2.05) is 30.5 Å². The topological polar surface area (TPSA) is 28.4 Å². The number of phenolic OH excluding ortho intramolecular Hbond substituents is 1. The second kappa shape index (κ2) is 6.92. The number of aromatic hydroxyl groups is 1. The van der Waals surface area contributed by atoms with Gasteiger partial charge in [0.1, 0.15) is 5.75 Å². The number of para-hydroxylation sites is 1. The Morgan fingerprint density at radius 2 is 1.81 bits per heavy atom. The molecule has 0 aliphatic carbocycles. The second-order valence-electron chi connectivity index (χ2n) is 6.62. The van der Waals surface area contributed by atoms with Crippen LogP contribution in [0.5, 0.6) is 5.75 Å². The van der Waals surface area contributed by atoms with Gasteiger partial charge in [0.05, 0.1) is 6.04 Å². The number of aryl methyl sites for hydroxylation is 1. The number of fused-ring (bicyclic) bond motifs is 1. The molecule has 3 nitrogen and oxygen atoms in total. The van der Waals surface area contributed by atoms with Gasteiger partial charge in [-0.25, -0.2) is 8.78 Å². The van der Waals surface area contributed by atoms with Crippen LogP contribution in [0.1, 0.15) is 29.3 Å². The molecule has 1 atom stereocenters. The first-order valence-electron chi connectivity index (χ1n) is 8.75. The molecule has 0 radical (unpaired) electrons. The number of rotatable bonds is 3. The van der Waals surface area contributed by atoms with Crippen LogP contribution in [-0.2, 0) is 13.1 Å². The highest BCUT2D eigenvalue weighted by atomic mass is 19.2. The summed E-state index contributed by atoms with van der Waals surface area (Å²) in [6.45, 7) is 2.00. The Morgan fingerprint density at radius 3 is 2.65 bits per heavy atom. The molecule has 0 amide bonds. The monoisotopic (exact) mass is 354 g/mol. The molecule has 134 valence electrons. The summed E-state index contributed by atoms with van der Waals surface area (Å²) < 4.78 is 30.7. The van der Waals surface area contributed by atoms with E-state index in [4.69, 9.17) is 0 Å². The molecule has 26 heavy (non-hydrogen) atoms. The van der Waals surface area contributed by atoms with Crippen LogP contribution in [0.2, 0.25) is 0 Å². The van der Waals surface area contributed by atoms with Crippen molar-refractivity contribution in [2.24, 2.45) is 0 Å². The van der Waals surface area contributed by atoms with Crippen molar-refractivity contribution >= 4 is 0 Å². The van der Waals surface area contributed by atoms with E-state index in [1.165, 1.54) is 0 Å². The van der Waals surface area contributed by atoms with Crippen LogP contribution in [0.4, 0.5) is 8.78 Å². The summed E-state index contributed by atoms with van der Waals surface area (Å²) in [5.74, 6) is -1.44. The number of aromatic nitrogens is 1. The van der Waals surface area contributed by atoms with Crippen LogP contribution in [0.3, 0.4) is 0 Å². The van der Waals surface area contributed by atoms with Gasteiger partial charge in [0.2, 0.25) is 0 Å². The number of phenols is 1. The SMILES string of the molecule is Oc1ccccc1CN1CCCn2cccc2C1c1cccc(F)c1F. The largest absolute Gasteiger partial charge is 0.508 e. The van der Waals surface area contributed by atoms with Crippen molar-refractivity contribution in [3.05, 3.63) is 89.2 Å². The van der Waals surface area contributed by atoms with Crippen LogP contribution in [0.25, 0.3) is 0 Å². The molecule has 1 N–H and O–H groups in total. The Balaban J connectivity index is 1.81. The number of benzene rings is 2. The summed E-state index contributed by atoms with van der Waals surface area (Å²) in [5.41, 5.74) is 2.03. The van der Waals surface area contributed by atoms with Gasteiger partial charge in [-0.05, 0) is 30.7 Å². The molecule has 0 bridgehead atoms. The first-order chi connectivity index (χ1) is 12.6. The van der Waals surface area contributed by atoms with E-state index in [0.717, 1.165) is 36.8 Å². The fourth-order valence-corrected chi connectivity index (χ4v) is 3.76. The highest BCUT2D eigenvalue weighted by Gasteiger charge is 2.30. The Kier molecular flexibility index (Phi) is 4.47. The molecular formula is C21H20F2N2O. The maximum Gasteiger partial charge on any atom is 0.163 e. The van der Waals surface area contributed by atoms with Crippen LogP contribution < -0.4 is 0 Å². The van der Waals surface area contributed by atoms with E-state index in [0.29, 0.717) is 12.1 Å². The van der Waals surface area contributed by atoms with Gasteiger partial charge < -0.3 is 9.67 Å². The lowest BCUT2D eigenvalue weighted by atomic mass is 10.00. The molecule has 0 saturated carbocycles. The minimum absolute atomic E-state index is 0.214. The minimum Gasteiger partial charge on any atom is -0.508 e. The molecule has 0 fully saturated rings. The van der Waals surface area contributed by atoms with Gasteiger partial charge in [0.15, 0.2) is 11.6 Å². The third-order valence-corrected chi connectivity index (χ3v) is 5.00. The van der Waals surface area contributed by atoms with Crippen molar-refractivity contribution in [1.82, 2.24) is 9.47 Å². The quantitative estimate of drug-likeness (QED) is 0.752. The molecule has 1 aliphatic heterocycles. The third kappa shape index (κ3) is 2.99. The highest BCUT2D eigenvalue weighted by molar-refractivity contribution is 5.34. The first-order valence-corrected chi connectivity index (χ1v) is 8.75. The van der Waals surface area contributed by atoms with E-state index in [2.05, 4.69) is 9.47 Å². The summed E-state index contributed by atoms with van der Waals surface area (Å²) in [6.07, 6.45) is 2.87. The fraction of sp³-hybridized carbons (Fsp3) is 0.238. The molecule has 0 spiro atoms. The first kappa shape index (κ1) is 16.8. The van der Waals surface area contributed by atoms with E-state index >= 15 is 0 Å². The van der Waals surface area contributed by atoms with Crippen molar-refractivity contribution in [1.29, 1.82) is 0 Å². The van der Waals surface area contributed by atoms with Crippen molar-refractivity contribution in [3.8, 4) is 5.75 Å². The Labute approximate surface area is 151 Å². The maximum atomic E-state index is 14.7. The third-order valence-electron chi connectivity index (χ3n) is 5.00. The number of nitrogens with zero attached hydrogens (tertiary/aromatic N) is 2. The summed E-state index contributed by atoms with van der Waals surface area (Å²) >= 11 is 0. The van der Waals surface area contributed by atoms with Crippen molar-refractivity contribution in [2.45, 2.75) is 25.6 Å². The van der Waals surface area contributed by atoms with Crippen LogP contribution in [-0.4, -0.2) is 21.1 Å². The summed E-state index contributed by atoms with van der Waals surface area (Å²) in [6, 6.07) is 15.0. The van der Waals surface area contributed by atoms with Gasteiger partial charge in [0, 0.05) is 42.7 Å². The number of hydrogen-bond acceptors (Lipinski definition) is 2. The minimum atomic E-state index is -0.840. The zero-order valence-electron chi connectivity index (χ0n) is 14.3. The molecule has 1 aromatic heterocycles. The molecule has 3 aromatic rings. The smallest absolute Gasteiger partial charge is 0.163 e.